The SMILES string of the molecule is C=CC[C@@H]1O[C@@](C[C@@H]2O[C@]3(C)CO[C@@H](c4ccccc4)O[C@H]3C[C@H]2O)(OC)C=CC1=O. The van der Waals surface area contributed by atoms with Gasteiger partial charge >= 0.3 is 0 Å². The predicted molar refractivity (Wildman–Crippen MR) is 112 cm³/mol. The molecule has 0 aliphatic carbocycles. The van der Waals surface area contributed by atoms with Crippen molar-refractivity contribution in [3.8, 4) is 0 Å². The molecule has 1 N–H and O–H groups in total. The smallest absolute Gasteiger partial charge is 0.191 e. The lowest BCUT2D eigenvalue weighted by Gasteiger charge is -2.51. The Balaban J connectivity index is 1.47. The molecule has 2 saturated heterocycles. The fraction of sp³-hybridized carbons (Fsp3) is 0.542. The Bertz CT molecular complexity index is 824. The van der Waals surface area contributed by atoms with Gasteiger partial charge in [-0.3, -0.25) is 4.79 Å². The van der Waals surface area contributed by atoms with Gasteiger partial charge in [0.1, 0.15) is 11.7 Å². The molecule has 0 amide bonds. The molecule has 0 spiro atoms. The Labute approximate surface area is 182 Å². The standard InChI is InChI=1S/C24H30O7/c1-4-8-19-17(25)11-12-24(27-3,31-19)14-20-18(26)13-21-23(2,30-20)15-28-22(29-21)16-9-6-5-7-10-16/h4-7,9-12,18-22,26H,1,8,13-15H2,2-3H3/t18-,19+,20+,21+,22-,23-,24+/m1/s1. The number of hydrogen-bond acceptors (Lipinski definition) is 7. The molecule has 7 heteroatoms. The van der Waals surface area contributed by atoms with Gasteiger partial charge in [0, 0.05) is 25.5 Å². The van der Waals surface area contributed by atoms with Crippen LogP contribution in [-0.2, 0) is 28.5 Å². The lowest BCUT2D eigenvalue weighted by atomic mass is 9.85. The van der Waals surface area contributed by atoms with Crippen LogP contribution >= 0.6 is 0 Å². The Morgan fingerprint density at radius 1 is 1.29 bits per heavy atom. The maximum Gasteiger partial charge on any atom is 0.191 e. The van der Waals surface area contributed by atoms with Crippen LogP contribution in [0.1, 0.15) is 38.0 Å². The first-order valence-electron chi connectivity index (χ1n) is 10.6. The lowest BCUT2D eigenvalue weighted by molar-refractivity contribution is -0.346. The van der Waals surface area contributed by atoms with Crippen LogP contribution < -0.4 is 0 Å². The van der Waals surface area contributed by atoms with Gasteiger partial charge in [0.2, 0.25) is 0 Å². The largest absolute Gasteiger partial charge is 0.390 e. The highest BCUT2D eigenvalue weighted by Gasteiger charge is 2.52. The number of aliphatic hydroxyl groups excluding tert-OH is 1. The van der Waals surface area contributed by atoms with Gasteiger partial charge in [-0.05, 0) is 25.5 Å². The van der Waals surface area contributed by atoms with E-state index in [1.165, 1.54) is 13.2 Å². The van der Waals surface area contributed by atoms with Gasteiger partial charge in [0.05, 0.1) is 24.9 Å². The number of hydrogen-bond donors (Lipinski definition) is 1. The van der Waals surface area contributed by atoms with E-state index in [0.29, 0.717) is 19.4 Å². The maximum atomic E-state index is 12.1. The monoisotopic (exact) mass is 430 g/mol. The highest BCUT2D eigenvalue weighted by atomic mass is 16.7. The number of ether oxygens (including phenoxy) is 5. The predicted octanol–water partition coefficient (Wildman–Crippen LogP) is 2.84. The number of fused-ring (bicyclic) bond motifs is 1. The van der Waals surface area contributed by atoms with Gasteiger partial charge in [0.15, 0.2) is 17.9 Å². The van der Waals surface area contributed by atoms with Crippen LogP contribution in [0.3, 0.4) is 0 Å². The van der Waals surface area contributed by atoms with Gasteiger partial charge in [-0.2, -0.15) is 0 Å². The Morgan fingerprint density at radius 3 is 2.77 bits per heavy atom. The summed E-state index contributed by atoms with van der Waals surface area (Å²) in [5.41, 5.74) is 0.205. The first kappa shape index (κ1) is 22.3. The van der Waals surface area contributed by atoms with Crippen LogP contribution in [0.2, 0.25) is 0 Å². The molecule has 7 nitrogen and oxygen atoms in total. The van der Waals surface area contributed by atoms with Crippen molar-refractivity contribution in [1.29, 1.82) is 0 Å². The minimum Gasteiger partial charge on any atom is -0.390 e. The van der Waals surface area contributed by atoms with Crippen LogP contribution in [0, 0.1) is 0 Å². The van der Waals surface area contributed by atoms with Crippen LogP contribution in [-0.4, -0.2) is 60.4 Å². The molecule has 0 saturated carbocycles. The number of rotatable bonds is 6. The molecule has 3 aliphatic heterocycles. The number of ketones is 1. The van der Waals surface area contributed by atoms with Crippen LogP contribution in [0.5, 0.6) is 0 Å². The zero-order valence-corrected chi connectivity index (χ0v) is 17.9. The summed E-state index contributed by atoms with van der Waals surface area (Å²) in [6.45, 7) is 5.94. The highest BCUT2D eigenvalue weighted by Crippen LogP contribution is 2.42. The molecular formula is C24H30O7. The second kappa shape index (κ2) is 8.94. The van der Waals surface area contributed by atoms with Crippen molar-refractivity contribution in [3.05, 3.63) is 60.7 Å². The molecule has 3 aliphatic rings. The van der Waals surface area contributed by atoms with Crippen molar-refractivity contribution >= 4 is 5.78 Å². The zero-order chi connectivity index (χ0) is 22.1. The minimum atomic E-state index is -1.17. The molecule has 0 radical (unpaired) electrons. The van der Waals surface area contributed by atoms with Gasteiger partial charge in [0.25, 0.3) is 0 Å². The average Bonchev–Trinajstić information content (AvgIpc) is 2.77. The van der Waals surface area contributed by atoms with Crippen LogP contribution in [0.15, 0.2) is 55.1 Å². The van der Waals surface area contributed by atoms with Crippen LogP contribution in [0.25, 0.3) is 0 Å². The van der Waals surface area contributed by atoms with E-state index in [9.17, 15) is 9.90 Å². The molecule has 1 aromatic rings. The third-order valence-corrected chi connectivity index (χ3v) is 6.24. The van der Waals surface area contributed by atoms with E-state index in [1.807, 2.05) is 37.3 Å². The molecule has 0 unspecified atom stereocenters. The van der Waals surface area contributed by atoms with E-state index in [2.05, 4.69) is 6.58 Å². The number of benzene rings is 1. The van der Waals surface area contributed by atoms with Crippen molar-refractivity contribution in [3.63, 3.8) is 0 Å². The van der Waals surface area contributed by atoms with Gasteiger partial charge in [-0.15, -0.1) is 6.58 Å². The first-order valence-corrected chi connectivity index (χ1v) is 10.6. The second-order valence-corrected chi connectivity index (χ2v) is 8.54. The summed E-state index contributed by atoms with van der Waals surface area (Å²) in [5, 5.41) is 10.9. The molecule has 1 aromatic carbocycles. The summed E-state index contributed by atoms with van der Waals surface area (Å²) < 4.78 is 30.1. The number of carbonyl (C=O) groups excluding carboxylic acids is 1. The summed E-state index contributed by atoms with van der Waals surface area (Å²) in [4.78, 5) is 12.1. The van der Waals surface area contributed by atoms with Crippen molar-refractivity contribution < 1.29 is 33.6 Å². The highest BCUT2D eigenvalue weighted by molar-refractivity contribution is 5.94. The van der Waals surface area contributed by atoms with Gasteiger partial charge in [-0.25, -0.2) is 0 Å². The fourth-order valence-corrected chi connectivity index (χ4v) is 4.41. The molecule has 31 heavy (non-hydrogen) atoms. The number of aliphatic hydroxyl groups is 1. The van der Waals surface area contributed by atoms with E-state index in [0.717, 1.165) is 5.56 Å². The Hall–Kier alpha value is -1.87. The second-order valence-electron chi connectivity index (χ2n) is 8.54. The van der Waals surface area contributed by atoms with Crippen LogP contribution in [0.4, 0.5) is 0 Å². The third-order valence-electron chi connectivity index (χ3n) is 6.24. The summed E-state index contributed by atoms with van der Waals surface area (Å²) in [6, 6.07) is 9.71. The summed E-state index contributed by atoms with van der Waals surface area (Å²) >= 11 is 0. The molecule has 0 aromatic heterocycles. The molecule has 0 bridgehead atoms. The quantitative estimate of drug-likeness (QED) is 0.695. The van der Waals surface area contributed by atoms with E-state index in [-0.39, 0.29) is 18.3 Å². The zero-order valence-electron chi connectivity index (χ0n) is 17.9. The molecule has 3 heterocycles. The normalized spacial score (nSPS) is 40.4. The van der Waals surface area contributed by atoms with Crippen molar-refractivity contribution in [2.75, 3.05) is 13.7 Å². The average molecular weight is 430 g/mol. The Morgan fingerprint density at radius 2 is 2.06 bits per heavy atom. The summed E-state index contributed by atoms with van der Waals surface area (Å²) in [5.74, 6) is -1.30. The van der Waals surface area contributed by atoms with E-state index < -0.39 is 36.0 Å². The van der Waals surface area contributed by atoms with Crippen molar-refractivity contribution in [1.82, 2.24) is 0 Å². The van der Waals surface area contributed by atoms with Crippen molar-refractivity contribution in [2.45, 2.75) is 68.3 Å². The lowest BCUT2D eigenvalue weighted by Crippen LogP contribution is -2.62. The molecular weight excluding hydrogens is 400 g/mol. The summed E-state index contributed by atoms with van der Waals surface area (Å²) in [6.07, 6.45) is 2.86. The number of methoxy groups -OCH3 is 1. The topological polar surface area (TPSA) is 83.5 Å². The molecule has 168 valence electrons. The Kier molecular flexibility index (Phi) is 6.44. The third kappa shape index (κ3) is 4.53. The van der Waals surface area contributed by atoms with Gasteiger partial charge < -0.3 is 28.8 Å². The molecule has 2 fully saturated rings. The van der Waals surface area contributed by atoms with E-state index in [4.69, 9.17) is 23.7 Å². The number of carbonyl (C=O) groups is 1. The van der Waals surface area contributed by atoms with E-state index >= 15 is 0 Å². The maximum absolute atomic E-state index is 12.1. The minimum absolute atomic E-state index is 0.134. The van der Waals surface area contributed by atoms with Crippen molar-refractivity contribution in [2.24, 2.45) is 0 Å². The van der Waals surface area contributed by atoms with E-state index in [1.54, 1.807) is 12.2 Å². The molecule has 7 atom stereocenters. The molecule has 4 rings (SSSR count). The fourth-order valence-electron chi connectivity index (χ4n) is 4.41. The first-order chi connectivity index (χ1) is 14.9. The summed E-state index contributed by atoms with van der Waals surface area (Å²) in [7, 11) is 1.52. The van der Waals surface area contributed by atoms with Gasteiger partial charge in [-0.1, -0.05) is 36.4 Å².